The van der Waals surface area contributed by atoms with Gasteiger partial charge in [-0.15, -0.1) is 0 Å². The molecule has 2 amide bonds. The number of nitrogens with one attached hydrogen (secondary N) is 2. The van der Waals surface area contributed by atoms with Crippen molar-refractivity contribution in [3.8, 4) is 17.2 Å². The third-order valence-electron chi connectivity index (χ3n) is 5.18. The van der Waals surface area contributed by atoms with E-state index in [0.717, 1.165) is 47.2 Å². The van der Waals surface area contributed by atoms with Crippen LogP contribution in [0.2, 0.25) is 0 Å². The molecule has 1 heterocycles. The van der Waals surface area contributed by atoms with Crippen LogP contribution < -0.4 is 24.8 Å². The van der Waals surface area contributed by atoms with Crippen molar-refractivity contribution in [2.45, 2.75) is 44.4 Å². The Morgan fingerprint density at radius 1 is 1.14 bits per heavy atom. The zero-order valence-corrected chi connectivity index (χ0v) is 17.5. The number of anilines is 1. The standard InChI is InChI=1S/C21H23BrN2O4/c1-13(14-5-7-17(26-2)16(22)11-14)23-20(25)24-15-6-8-18-19(12-15)28-21(27-18)9-3-4-10-21/h5-8,11-13H,3-4,9-10H2,1-2H3,(H2,23,24,25)/t13-/m0/s1. The smallest absolute Gasteiger partial charge is 0.319 e. The van der Waals surface area contributed by atoms with Gasteiger partial charge >= 0.3 is 6.03 Å². The number of rotatable bonds is 4. The average Bonchev–Trinajstić information content (AvgIpc) is 3.27. The highest BCUT2D eigenvalue weighted by molar-refractivity contribution is 9.10. The Morgan fingerprint density at radius 3 is 2.61 bits per heavy atom. The number of urea groups is 1. The molecule has 0 bridgehead atoms. The molecule has 6 nitrogen and oxygen atoms in total. The molecule has 2 aliphatic rings. The fourth-order valence-electron chi connectivity index (χ4n) is 3.69. The molecule has 2 aromatic carbocycles. The van der Waals surface area contributed by atoms with Crippen molar-refractivity contribution in [2.24, 2.45) is 0 Å². The number of hydrogen-bond acceptors (Lipinski definition) is 4. The number of fused-ring (bicyclic) bond motifs is 1. The fraction of sp³-hybridized carbons (Fsp3) is 0.381. The van der Waals surface area contributed by atoms with E-state index in [-0.39, 0.29) is 12.1 Å². The second-order valence-corrected chi connectivity index (χ2v) is 8.05. The molecule has 4 rings (SSSR count). The molecule has 1 aliphatic heterocycles. The Balaban J connectivity index is 1.39. The van der Waals surface area contributed by atoms with Crippen LogP contribution in [0.3, 0.4) is 0 Å². The van der Waals surface area contributed by atoms with Gasteiger partial charge in [-0.1, -0.05) is 6.07 Å². The number of carbonyl (C=O) groups excluding carboxylic acids is 1. The monoisotopic (exact) mass is 446 g/mol. The van der Waals surface area contributed by atoms with Gasteiger partial charge in [0.2, 0.25) is 0 Å². The SMILES string of the molecule is COc1ccc([C@H](C)NC(=O)Nc2ccc3c(c2)OC2(CCCC2)O3)cc1Br. The van der Waals surface area contributed by atoms with Crippen LogP contribution in [0, 0.1) is 0 Å². The zero-order chi connectivity index (χ0) is 19.7. The summed E-state index contributed by atoms with van der Waals surface area (Å²) < 4.78 is 18.1. The first-order valence-electron chi connectivity index (χ1n) is 9.41. The Morgan fingerprint density at radius 2 is 1.89 bits per heavy atom. The van der Waals surface area contributed by atoms with Crippen LogP contribution in [0.4, 0.5) is 10.5 Å². The molecule has 1 spiro atoms. The Labute approximate surface area is 172 Å². The van der Waals surface area contributed by atoms with Crippen LogP contribution in [0.5, 0.6) is 17.2 Å². The van der Waals surface area contributed by atoms with Crippen LogP contribution in [0.15, 0.2) is 40.9 Å². The molecule has 2 aromatic rings. The van der Waals surface area contributed by atoms with Crippen molar-refractivity contribution < 1.29 is 19.0 Å². The zero-order valence-electron chi connectivity index (χ0n) is 15.9. The number of halogens is 1. The van der Waals surface area contributed by atoms with E-state index in [1.54, 1.807) is 7.11 Å². The van der Waals surface area contributed by atoms with E-state index in [9.17, 15) is 4.79 Å². The summed E-state index contributed by atoms with van der Waals surface area (Å²) in [6.07, 6.45) is 4.03. The highest BCUT2D eigenvalue weighted by Crippen LogP contribution is 2.47. The van der Waals surface area contributed by atoms with E-state index in [0.29, 0.717) is 11.4 Å². The molecule has 1 aliphatic carbocycles. The van der Waals surface area contributed by atoms with Crippen molar-refractivity contribution in [1.29, 1.82) is 0 Å². The minimum Gasteiger partial charge on any atom is -0.496 e. The van der Waals surface area contributed by atoms with Gasteiger partial charge < -0.3 is 24.8 Å². The van der Waals surface area contributed by atoms with Gasteiger partial charge in [-0.3, -0.25) is 0 Å². The second kappa shape index (κ2) is 7.54. The van der Waals surface area contributed by atoms with E-state index in [1.165, 1.54) is 0 Å². The van der Waals surface area contributed by atoms with Crippen molar-refractivity contribution in [3.63, 3.8) is 0 Å². The molecule has 0 unspecified atom stereocenters. The molecular weight excluding hydrogens is 424 g/mol. The quantitative estimate of drug-likeness (QED) is 0.660. The first-order valence-corrected chi connectivity index (χ1v) is 10.2. The lowest BCUT2D eigenvalue weighted by Gasteiger charge is -2.21. The first-order chi connectivity index (χ1) is 13.5. The minimum absolute atomic E-state index is 0.169. The van der Waals surface area contributed by atoms with Crippen LogP contribution in [-0.4, -0.2) is 18.9 Å². The van der Waals surface area contributed by atoms with Gasteiger partial charge in [-0.25, -0.2) is 4.79 Å². The molecule has 1 saturated carbocycles. The summed E-state index contributed by atoms with van der Waals surface area (Å²) in [5, 5.41) is 5.81. The van der Waals surface area contributed by atoms with E-state index in [4.69, 9.17) is 14.2 Å². The number of benzene rings is 2. The normalized spacial score (nSPS) is 17.4. The van der Waals surface area contributed by atoms with Gasteiger partial charge in [-0.2, -0.15) is 0 Å². The molecule has 7 heteroatoms. The number of methoxy groups -OCH3 is 1. The lowest BCUT2D eigenvalue weighted by Crippen LogP contribution is -2.34. The predicted octanol–water partition coefficient (Wildman–Crippen LogP) is 5.38. The summed E-state index contributed by atoms with van der Waals surface area (Å²) in [7, 11) is 1.62. The third-order valence-corrected chi connectivity index (χ3v) is 5.80. The Bertz CT molecular complexity index is 896. The van der Waals surface area contributed by atoms with Gasteiger partial charge in [0.1, 0.15) is 5.75 Å². The lowest BCUT2D eigenvalue weighted by molar-refractivity contribution is -0.0716. The Hall–Kier alpha value is -2.41. The van der Waals surface area contributed by atoms with Crippen molar-refractivity contribution in [3.05, 3.63) is 46.4 Å². The van der Waals surface area contributed by atoms with Gasteiger partial charge in [0, 0.05) is 24.6 Å². The van der Waals surface area contributed by atoms with Crippen LogP contribution in [0.1, 0.15) is 44.2 Å². The summed E-state index contributed by atoms with van der Waals surface area (Å²) in [4.78, 5) is 12.4. The van der Waals surface area contributed by atoms with Crippen LogP contribution in [-0.2, 0) is 0 Å². The minimum atomic E-state index is -0.501. The van der Waals surface area contributed by atoms with Crippen LogP contribution >= 0.6 is 15.9 Å². The molecule has 1 fully saturated rings. The summed E-state index contributed by atoms with van der Waals surface area (Å²) in [6, 6.07) is 10.8. The highest BCUT2D eigenvalue weighted by Gasteiger charge is 2.44. The first kappa shape index (κ1) is 18.9. The molecule has 0 aromatic heterocycles. The predicted molar refractivity (Wildman–Crippen MR) is 110 cm³/mol. The lowest BCUT2D eigenvalue weighted by atomic mass is 10.1. The number of carbonyl (C=O) groups is 1. The highest BCUT2D eigenvalue weighted by atomic mass is 79.9. The topological polar surface area (TPSA) is 68.8 Å². The largest absolute Gasteiger partial charge is 0.496 e. The molecule has 28 heavy (non-hydrogen) atoms. The summed E-state index contributed by atoms with van der Waals surface area (Å²) in [6.45, 7) is 1.93. The molecular formula is C21H23BrN2O4. The van der Waals surface area contributed by atoms with Gasteiger partial charge in [0.25, 0.3) is 5.79 Å². The second-order valence-electron chi connectivity index (χ2n) is 7.20. The summed E-state index contributed by atoms with van der Waals surface area (Å²) >= 11 is 3.47. The molecule has 1 atom stereocenters. The van der Waals surface area contributed by atoms with Gasteiger partial charge in [0.05, 0.1) is 17.6 Å². The number of amides is 2. The van der Waals surface area contributed by atoms with E-state index >= 15 is 0 Å². The maximum atomic E-state index is 12.4. The van der Waals surface area contributed by atoms with E-state index in [1.807, 2.05) is 43.3 Å². The number of ether oxygens (including phenoxy) is 3. The average molecular weight is 447 g/mol. The number of hydrogen-bond donors (Lipinski definition) is 2. The van der Waals surface area contributed by atoms with E-state index in [2.05, 4.69) is 26.6 Å². The maximum absolute atomic E-state index is 12.4. The van der Waals surface area contributed by atoms with Gasteiger partial charge in [0.15, 0.2) is 11.5 Å². The summed E-state index contributed by atoms with van der Waals surface area (Å²) in [5.74, 6) is 1.68. The molecule has 0 saturated heterocycles. The molecule has 2 N–H and O–H groups in total. The maximum Gasteiger partial charge on any atom is 0.319 e. The molecule has 0 radical (unpaired) electrons. The molecule has 148 valence electrons. The van der Waals surface area contributed by atoms with Crippen molar-refractivity contribution in [1.82, 2.24) is 5.32 Å². The third kappa shape index (κ3) is 3.76. The van der Waals surface area contributed by atoms with Crippen LogP contribution in [0.25, 0.3) is 0 Å². The van der Waals surface area contributed by atoms with Gasteiger partial charge in [-0.05, 0) is 65.5 Å². The van der Waals surface area contributed by atoms with E-state index < -0.39 is 5.79 Å². The van der Waals surface area contributed by atoms with Crippen molar-refractivity contribution >= 4 is 27.6 Å². The summed E-state index contributed by atoms with van der Waals surface area (Å²) in [5.41, 5.74) is 1.63. The van der Waals surface area contributed by atoms with Crippen molar-refractivity contribution in [2.75, 3.05) is 12.4 Å². The Kier molecular flexibility index (Phi) is 5.10. The fourth-order valence-corrected chi connectivity index (χ4v) is 4.25.